The van der Waals surface area contributed by atoms with Gasteiger partial charge in [-0.1, -0.05) is 51.7 Å². The minimum atomic E-state index is -3.14. The SMILES string of the molecule is C=CS(=O)(=O)/C=C/CCCCCCCC. The molecule has 0 rings (SSSR count). The van der Waals surface area contributed by atoms with Gasteiger partial charge in [0.1, 0.15) is 0 Å². The summed E-state index contributed by atoms with van der Waals surface area (Å²) in [6.07, 6.45) is 9.96. The molecule has 0 heterocycles. The van der Waals surface area contributed by atoms with Crippen LogP contribution in [0.25, 0.3) is 0 Å². The molecule has 0 aliphatic heterocycles. The van der Waals surface area contributed by atoms with E-state index in [0.29, 0.717) is 0 Å². The molecule has 2 nitrogen and oxygen atoms in total. The predicted molar refractivity (Wildman–Crippen MR) is 66.2 cm³/mol. The molecule has 0 bridgehead atoms. The first kappa shape index (κ1) is 14.4. The Morgan fingerprint density at radius 3 is 2.27 bits per heavy atom. The summed E-state index contributed by atoms with van der Waals surface area (Å²) in [6.45, 7) is 5.44. The fraction of sp³-hybridized carbons (Fsp3) is 0.667. The third kappa shape index (κ3) is 9.73. The van der Waals surface area contributed by atoms with E-state index in [-0.39, 0.29) is 0 Å². The van der Waals surface area contributed by atoms with Crippen LogP contribution < -0.4 is 0 Å². The summed E-state index contributed by atoms with van der Waals surface area (Å²) in [5.41, 5.74) is 0. The third-order valence-electron chi connectivity index (χ3n) is 2.24. The molecule has 0 aromatic carbocycles. The molecule has 0 aliphatic carbocycles. The summed E-state index contributed by atoms with van der Waals surface area (Å²) < 4.78 is 21.9. The summed E-state index contributed by atoms with van der Waals surface area (Å²) >= 11 is 0. The van der Waals surface area contributed by atoms with Crippen molar-refractivity contribution < 1.29 is 8.42 Å². The highest BCUT2D eigenvalue weighted by atomic mass is 32.2. The molecule has 0 unspecified atom stereocenters. The maximum Gasteiger partial charge on any atom is 0.192 e. The molecule has 3 heteroatoms. The van der Waals surface area contributed by atoms with Crippen LogP contribution in [0, 0.1) is 0 Å². The van der Waals surface area contributed by atoms with Crippen molar-refractivity contribution in [3.8, 4) is 0 Å². The van der Waals surface area contributed by atoms with Crippen LogP contribution in [0.4, 0.5) is 0 Å². The number of hydrogen-bond acceptors (Lipinski definition) is 2. The van der Waals surface area contributed by atoms with Crippen molar-refractivity contribution in [2.75, 3.05) is 0 Å². The van der Waals surface area contributed by atoms with Gasteiger partial charge >= 0.3 is 0 Å². The van der Waals surface area contributed by atoms with Crippen molar-refractivity contribution in [2.24, 2.45) is 0 Å². The number of unbranched alkanes of at least 4 members (excludes halogenated alkanes) is 6. The fourth-order valence-electron chi connectivity index (χ4n) is 1.30. The molecule has 88 valence electrons. The number of sulfone groups is 1. The minimum Gasteiger partial charge on any atom is -0.220 e. The number of hydrogen-bond donors (Lipinski definition) is 0. The molecule has 0 aliphatic rings. The minimum absolute atomic E-state index is 0.846. The van der Waals surface area contributed by atoms with Crippen LogP contribution in [0.1, 0.15) is 51.9 Å². The predicted octanol–water partition coefficient (Wildman–Crippen LogP) is 3.81. The van der Waals surface area contributed by atoms with E-state index in [1.807, 2.05) is 0 Å². The van der Waals surface area contributed by atoms with Gasteiger partial charge in [-0.25, -0.2) is 8.42 Å². The average Bonchev–Trinajstić information content (AvgIpc) is 2.22. The van der Waals surface area contributed by atoms with Gasteiger partial charge < -0.3 is 0 Å². The third-order valence-corrected chi connectivity index (χ3v) is 3.28. The summed E-state index contributed by atoms with van der Waals surface area (Å²) in [7, 11) is -3.14. The maximum atomic E-state index is 11.0. The Labute approximate surface area is 94.0 Å². The van der Waals surface area contributed by atoms with Gasteiger partial charge in [0.05, 0.1) is 0 Å². The molecular formula is C12H22O2S. The summed E-state index contributed by atoms with van der Waals surface area (Å²) in [4.78, 5) is 0. The van der Waals surface area contributed by atoms with Crippen LogP contribution in [-0.2, 0) is 9.84 Å². The molecule has 0 saturated carbocycles. The largest absolute Gasteiger partial charge is 0.220 e. The first-order chi connectivity index (χ1) is 7.12. The Morgan fingerprint density at radius 1 is 1.07 bits per heavy atom. The Bertz CT molecular complexity index is 276. The van der Waals surface area contributed by atoms with E-state index >= 15 is 0 Å². The smallest absolute Gasteiger partial charge is 0.192 e. The molecule has 0 aromatic heterocycles. The van der Waals surface area contributed by atoms with Crippen molar-refractivity contribution in [1.29, 1.82) is 0 Å². The van der Waals surface area contributed by atoms with E-state index in [9.17, 15) is 8.42 Å². The lowest BCUT2D eigenvalue weighted by molar-refractivity contribution is 0.608. The van der Waals surface area contributed by atoms with E-state index < -0.39 is 9.84 Å². The highest BCUT2D eigenvalue weighted by molar-refractivity contribution is 7.97. The molecule has 0 spiro atoms. The highest BCUT2D eigenvalue weighted by Crippen LogP contribution is 2.07. The Morgan fingerprint density at radius 2 is 1.67 bits per heavy atom. The van der Waals surface area contributed by atoms with Gasteiger partial charge in [0, 0.05) is 10.8 Å². The molecular weight excluding hydrogens is 208 g/mol. The Kier molecular flexibility index (Phi) is 8.38. The lowest BCUT2D eigenvalue weighted by Crippen LogP contribution is -1.86. The summed E-state index contributed by atoms with van der Waals surface area (Å²) in [5, 5.41) is 2.22. The monoisotopic (exact) mass is 230 g/mol. The standard InChI is InChI=1S/C12H22O2S/c1-3-5-6-7-8-9-10-11-12-15(13,14)4-2/h4,11-12H,2-3,5-10H2,1H3/b12-11+. The molecule has 0 N–H and O–H groups in total. The normalized spacial score (nSPS) is 12.1. The number of rotatable bonds is 9. The van der Waals surface area contributed by atoms with Crippen molar-refractivity contribution in [3.63, 3.8) is 0 Å². The van der Waals surface area contributed by atoms with Gasteiger partial charge in [0.25, 0.3) is 0 Å². The van der Waals surface area contributed by atoms with E-state index in [0.717, 1.165) is 18.2 Å². The summed E-state index contributed by atoms with van der Waals surface area (Å²) in [5.74, 6) is 0. The van der Waals surface area contributed by atoms with Gasteiger partial charge in [-0.3, -0.25) is 0 Å². The summed E-state index contributed by atoms with van der Waals surface area (Å²) in [6, 6.07) is 0. The fourth-order valence-corrected chi connectivity index (χ4v) is 1.82. The van der Waals surface area contributed by atoms with Gasteiger partial charge in [-0.05, 0) is 12.8 Å². The van der Waals surface area contributed by atoms with Crippen molar-refractivity contribution >= 4 is 9.84 Å². The average molecular weight is 230 g/mol. The zero-order valence-electron chi connectivity index (χ0n) is 9.61. The molecule has 0 saturated heterocycles. The Balaban J connectivity index is 3.43. The Hall–Kier alpha value is -0.570. The highest BCUT2D eigenvalue weighted by Gasteiger charge is 1.95. The van der Waals surface area contributed by atoms with E-state index in [1.165, 1.54) is 37.5 Å². The van der Waals surface area contributed by atoms with Crippen molar-refractivity contribution in [1.82, 2.24) is 0 Å². The van der Waals surface area contributed by atoms with Gasteiger partial charge in [0.15, 0.2) is 9.84 Å². The zero-order valence-corrected chi connectivity index (χ0v) is 10.4. The van der Waals surface area contributed by atoms with E-state index in [1.54, 1.807) is 6.08 Å². The quantitative estimate of drug-likeness (QED) is 0.564. The van der Waals surface area contributed by atoms with E-state index in [4.69, 9.17) is 0 Å². The molecule has 0 aromatic rings. The topological polar surface area (TPSA) is 34.1 Å². The van der Waals surface area contributed by atoms with Crippen molar-refractivity contribution in [3.05, 3.63) is 23.5 Å². The van der Waals surface area contributed by atoms with Crippen LogP contribution in [0.15, 0.2) is 23.5 Å². The first-order valence-electron chi connectivity index (χ1n) is 5.66. The number of allylic oxidation sites excluding steroid dienone is 1. The zero-order chi connectivity index (χ0) is 11.6. The maximum absolute atomic E-state index is 11.0. The molecule has 0 amide bonds. The molecule has 0 atom stereocenters. The van der Waals surface area contributed by atoms with Crippen molar-refractivity contribution in [2.45, 2.75) is 51.9 Å². The van der Waals surface area contributed by atoms with Crippen LogP contribution >= 0.6 is 0 Å². The second-order valence-corrected chi connectivity index (χ2v) is 5.47. The van der Waals surface area contributed by atoms with Gasteiger partial charge in [-0.2, -0.15) is 0 Å². The van der Waals surface area contributed by atoms with Crippen LogP contribution in [-0.4, -0.2) is 8.42 Å². The molecule has 0 radical (unpaired) electrons. The van der Waals surface area contributed by atoms with E-state index in [2.05, 4.69) is 13.5 Å². The van der Waals surface area contributed by atoms with Crippen LogP contribution in [0.3, 0.4) is 0 Å². The first-order valence-corrected chi connectivity index (χ1v) is 7.27. The lowest BCUT2D eigenvalue weighted by Gasteiger charge is -1.97. The lowest BCUT2D eigenvalue weighted by atomic mass is 10.1. The molecule has 0 fully saturated rings. The molecule has 15 heavy (non-hydrogen) atoms. The second-order valence-electron chi connectivity index (χ2n) is 3.68. The van der Waals surface area contributed by atoms with Crippen LogP contribution in [0.2, 0.25) is 0 Å². The van der Waals surface area contributed by atoms with Gasteiger partial charge in [0.2, 0.25) is 0 Å². The van der Waals surface area contributed by atoms with Gasteiger partial charge in [-0.15, -0.1) is 0 Å². The van der Waals surface area contributed by atoms with Crippen LogP contribution in [0.5, 0.6) is 0 Å². The second kappa shape index (κ2) is 8.72.